The van der Waals surface area contributed by atoms with Gasteiger partial charge in [-0.3, -0.25) is 0 Å². The minimum Gasteiger partial charge on any atom is -0.354 e. The number of nitrogens with two attached hydrogens (primary N) is 1. The van der Waals surface area contributed by atoms with Gasteiger partial charge in [0, 0.05) is 6.54 Å². The molecule has 0 aliphatic heterocycles. The number of nitrogens with one attached hydrogen (secondary N) is 1. The van der Waals surface area contributed by atoms with E-state index < -0.39 is 6.09 Å². The summed E-state index contributed by atoms with van der Waals surface area (Å²) in [4.78, 5) is 14.3. The molecule has 0 atom stereocenters. The van der Waals surface area contributed by atoms with E-state index in [-0.39, 0.29) is 0 Å². The lowest BCUT2D eigenvalue weighted by Crippen LogP contribution is -2.25. The van der Waals surface area contributed by atoms with Gasteiger partial charge in [-0.05, 0) is 12.3 Å². The normalized spacial score (nSPS) is 9.90. The molecular formula is C6H14N2O2. The standard InChI is InChI=1S/C6H14N2O2/c1-5(2)3-4-8-10-6(7)9/h5,8H,3-4H2,1-2H3,(H2,7,9). The number of primary amides is 1. The zero-order valence-electron chi connectivity index (χ0n) is 6.39. The van der Waals surface area contributed by atoms with Gasteiger partial charge in [0.25, 0.3) is 0 Å². The first-order chi connectivity index (χ1) is 4.63. The Balaban J connectivity index is 2.98. The van der Waals surface area contributed by atoms with Crippen molar-refractivity contribution < 1.29 is 9.63 Å². The predicted octanol–water partition coefficient (Wildman–Crippen LogP) is 0.632. The van der Waals surface area contributed by atoms with Crippen molar-refractivity contribution in [2.75, 3.05) is 6.54 Å². The number of amides is 1. The van der Waals surface area contributed by atoms with Gasteiger partial charge in [0.2, 0.25) is 0 Å². The van der Waals surface area contributed by atoms with E-state index in [2.05, 4.69) is 29.9 Å². The van der Waals surface area contributed by atoms with Crippen LogP contribution in [0, 0.1) is 5.92 Å². The van der Waals surface area contributed by atoms with Gasteiger partial charge >= 0.3 is 6.09 Å². The molecule has 60 valence electrons. The molecule has 1 amide bonds. The average Bonchev–Trinajstić information content (AvgIpc) is 1.79. The van der Waals surface area contributed by atoms with Crippen LogP contribution < -0.4 is 11.2 Å². The Morgan fingerprint density at radius 1 is 1.70 bits per heavy atom. The second-order valence-electron chi connectivity index (χ2n) is 2.50. The van der Waals surface area contributed by atoms with E-state index >= 15 is 0 Å². The fraction of sp³-hybridized carbons (Fsp3) is 0.833. The molecule has 0 aliphatic carbocycles. The zero-order valence-corrected chi connectivity index (χ0v) is 6.39. The summed E-state index contributed by atoms with van der Waals surface area (Å²) in [7, 11) is 0. The van der Waals surface area contributed by atoms with Gasteiger partial charge in [-0.25, -0.2) is 4.79 Å². The van der Waals surface area contributed by atoms with E-state index in [1.807, 2.05) is 0 Å². The number of hydrogen-bond donors (Lipinski definition) is 2. The third kappa shape index (κ3) is 7.23. The van der Waals surface area contributed by atoms with Crippen LogP contribution >= 0.6 is 0 Å². The Morgan fingerprint density at radius 2 is 2.30 bits per heavy atom. The lowest BCUT2D eigenvalue weighted by molar-refractivity contribution is 0.0962. The van der Waals surface area contributed by atoms with E-state index in [1.165, 1.54) is 0 Å². The maximum absolute atomic E-state index is 9.98. The molecule has 0 fully saturated rings. The van der Waals surface area contributed by atoms with Crippen molar-refractivity contribution >= 4 is 6.09 Å². The summed E-state index contributed by atoms with van der Waals surface area (Å²) in [5, 5.41) is 0. The van der Waals surface area contributed by atoms with Crippen molar-refractivity contribution in [2.24, 2.45) is 11.7 Å². The van der Waals surface area contributed by atoms with Gasteiger partial charge in [0.15, 0.2) is 0 Å². The van der Waals surface area contributed by atoms with Gasteiger partial charge in [0.1, 0.15) is 0 Å². The molecule has 0 heterocycles. The largest absolute Gasteiger partial charge is 0.423 e. The highest BCUT2D eigenvalue weighted by Crippen LogP contribution is 1.95. The molecule has 0 radical (unpaired) electrons. The summed E-state index contributed by atoms with van der Waals surface area (Å²) in [6.07, 6.45) is 0.177. The summed E-state index contributed by atoms with van der Waals surface area (Å²) < 4.78 is 0. The second-order valence-corrected chi connectivity index (χ2v) is 2.50. The maximum Gasteiger partial charge on any atom is 0.423 e. The van der Waals surface area contributed by atoms with Gasteiger partial charge in [-0.15, -0.1) is 0 Å². The summed E-state index contributed by atoms with van der Waals surface area (Å²) in [6, 6.07) is 0. The molecule has 4 nitrogen and oxygen atoms in total. The van der Waals surface area contributed by atoms with Crippen LogP contribution in [0.3, 0.4) is 0 Å². The van der Waals surface area contributed by atoms with Crippen LogP contribution in [-0.2, 0) is 4.84 Å². The average molecular weight is 146 g/mol. The molecule has 3 N–H and O–H groups in total. The molecule has 0 unspecified atom stereocenters. The molecule has 10 heavy (non-hydrogen) atoms. The number of hydrogen-bond acceptors (Lipinski definition) is 3. The Bertz CT molecular complexity index is 104. The highest BCUT2D eigenvalue weighted by Gasteiger charge is 1.94. The number of carbonyl (C=O) groups excluding carboxylic acids is 1. The van der Waals surface area contributed by atoms with Crippen LogP contribution in [0.15, 0.2) is 0 Å². The summed E-state index contributed by atoms with van der Waals surface area (Å²) >= 11 is 0. The van der Waals surface area contributed by atoms with Gasteiger partial charge in [-0.2, -0.15) is 5.48 Å². The van der Waals surface area contributed by atoms with E-state index in [9.17, 15) is 4.79 Å². The highest BCUT2D eigenvalue weighted by atomic mass is 16.7. The first-order valence-electron chi connectivity index (χ1n) is 3.32. The first kappa shape index (κ1) is 9.23. The van der Waals surface area contributed by atoms with Crippen LogP contribution in [0.4, 0.5) is 4.79 Å². The van der Waals surface area contributed by atoms with Crippen molar-refractivity contribution in [3.05, 3.63) is 0 Å². The molecule has 0 saturated heterocycles. The van der Waals surface area contributed by atoms with E-state index in [4.69, 9.17) is 0 Å². The summed E-state index contributed by atoms with van der Waals surface area (Å²) in [6.45, 7) is 4.83. The van der Waals surface area contributed by atoms with Crippen LogP contribution in [0.25, 0.3) is 0 Å². The summed E-state index contributed by atoms with van der Waals surface area (Å²) in [5.74, 6) is 0.601. The van der Waals surface area contributed by atoms with Crippen LogP contribution in [0.2, 0.25) is 0 Å². The predicted molar refractivity (Wildman–Crippen MR) is 38.1 cm³/mol. The van der Waals surface area contributed by atoms with E-state index in [0.717, 1.165) is 6.42 Å². The monoisotopic (exact) mass is 146 g/mol. The summed E-state index contributed by atoms with van der Waals surface area (Å²) in [5.41, 5.74) is 7.13. The third-order valence-electron chi connectivity index (χ3n) is 0.997. The number of carbonyl (C=O) groups is 1. The molecule has 0 aliphatic rings. The Kier molecular flexibility index (Phi) is 4.66. The minimum absolute atomic E-state index is 0.601. The molecule has 0 saturated carbocycles. The van der Waals surface area contributed by atoms with Gasteiger partial charge < -0.3 is 10.6 Å². The van der Waals surface area contributed by atoms with Gasteiger partial charge in [0.05, 0.1) is 0 Å². The minimum atomic E-state index is -0.788. The van der Waals surface area contributed by atoms with Crippen molar-refractivity contribution in [2.45, 2.75) is 20.3 Å². The van der Waals surface area contributed by atoms with Crippen molar-refractivity contribution in [3.63, 3.8) is 0 Å². The number of rotatable bonds is 4. The topological polar surface area (TPSA) is 64.3 Å². The molecule has 0 aromatic carbocycles. The van der Waals surface area contributed by atoms with Crippen LogP contribution in [0.5, 0.6) is 0 Å². The number of hydroxylamine groups is 1. The molecule has 0 spiro atoms. The SMILES string of the molecule is CC(C)CCNOC(N)=O. The Labute approximate surface area is 60.7 Å². The fourth-order valence-electron chi connectivity index (χ4n) is 0.470. The molecule has 0 aromatic rings. The third-order valence-corrected chi connectivity index (χ3v) is 0.997. The highest BCUT2D eigenvalue weighted by molar-refractivity contribution is 5.64. The molecule has 4 heteroatoms. The smallest absolute Gasteiger partial charge is 0.354 e. The zero-order chi connectivity index (χ0) is 7.98. The van der Waals surface area contributed by atoms with Gasteiger partial charge in [-0.1, -0.05) is 13.8 Å². The van der Waals surface area contributed by atoms with Crippen molar-refractivity contribution in [1.82, 2.24) is 5.48 Å². The molecule has 0 rings (SSSR count). The molecule has 0 aromatic heterocycles. The van der Waals surface area contributed by atoms with Crippen LogP contribution in [0.1, 0.15) is 20.3 Å². The van der Waals surface area contributed by atoms with Crippen molar-refractivity contribution in [3.8, 4) is 0 Å². The Hall–Kier alpha value is -0.770. The lowest BCUT2D eigenvalue weighted by Gasteiger charge is -2.04. The quantitative estimate of drug-likeness (QED) is 0.451. The first-order valence-corrected chi connectivity index (χ1v) is 3.32. The van der Waals surface area contributed by atoms with E-state index in [0.29, 0.717) is 12.5 Å². The van der Waals surface area contributed by atoms with Crippen LogP contribution in [-0.4, -0.2) is 12.6 Å². The molecule has 0 bridgehead atoms. The second kappa shape index (κ2) is 5.05. The molecular weight excluding hydrogens is 132 g/mol. The van der Waals surface area contributed by atoms with Crippen molar-refractivity contribution in [1.29, 1.82) is 0 Å². The lowest BCUT2D eigenvalue weighted by atomic mass is 10.1. The van der Waals surface area contributed by atoms with E-state index in [1.54, 1.807) is 0 Å². The maximum atomic E-state index is 9.98. The Morgan fingerprint density at radius 3 is 2.70 bits per heavy atom. The fourth-order valence-corrected chi connectivity index (χ4v) is 0.470.